The summed E-state index contributed by atoms with van der Waals surface area (Å²) in [7, 11) is 0. The SMILES string of the molecule is CCN=C1NC(=O)C(C)(c2c(C)cc(C)cc2C)N1. The highest BCUT2D eigenvalue weighted by molar-refractivity contribution is 6.09. The molecule has 0 radical (unpaired) electrons. The fourth-order valence-electron chi connectivity index (χ4n) is 2.94. The van der Waals surface area contributed by atoms with Crippen molar-refractivity contribution in [2.45, 2.75) is 40.2 Å². The first kappa shape index (κ1) is 13.6. The number of aliphatic imine (C=N–C) groups is 1. The average Bonchev–Trinajstić information content (AvgIpc) is 2.53. The van der Waals surface area contributed by atoms with Crippen LogP contribution in [0.4, 0.5) is 0 Å². The van der Waals surface area contributed by atoms with Crippen LogP contribution in [0.15, 0.2) is 17.1 Å². The summed E-state index contributed by atoms with van der Waals surface area (Å²) in [5.74, 6) is 0.518. The number of nitrogens with zero attached hydrogens (tertiary/aromatic N) is 1. The molecule has 0 bridgehead atoms. The topological polar surface area (TPSA) is 53.5 Å². The summed E-state index contributed by atoms with van der Waals surface area (Å²) in [6.45, 7) is 10.7. The Morgan fingerprint density at radius 1 is 1.21 bits per heavy atom. The van der Waals surface area contributed by atoms with Crippen LogP contribution in [-0.4, -0.2) is 18.4 Å². The van der Waals surface area contributed by atoms with Crippen molar-refractivity contribution >= 4 is 11.9 Å². The number of carbonyl (C=O) groups is 1. The molecule has 0 saturated carbocycles. The van der Waals surface area contributed by atoms with Crippen LogP contribution >= 0.6 is 0 Å². The molecule has 4 heteroatoms. The minimum absolute atomic E-state index is 0.0465. The first-order valence-corrected chi connectivity index (χ1v) is 6.61. The molecule has 4 nitrogen and oxygen atoms in total. The molecule has 102 valence electrons. The van der Waals surface area contributed by atoms with Crippen LogP contribution in [0.25, 0.3) is 0 Å². The Morgan fingerprint density at radius 2 is 1.79 bits per heavy atom. The zero-order valence-corrected chi connectivity index (χ0v) is 12.2. The highest BCUT2D eigenvalue weighted by atomic mass is 16.2. The molecule has 1 aliphatic rings. The lowest BCUT2D eigenvalue weighted by Gasteiger charge is -2.26. The second-order valence-electron chi connectivity index (χ2n) is 5.30. The van der Waals surface area contributed by atoms with Crippen molar-refractivity contribution in [1.82, 2.24) is 10.6 Å². The van der Waals surface area contributed by atoms with Gasteiger partial charge in [0.25, 0.3) is 5.91 Å². The maximum absolute atomic E-state index is 12.3. The van der Waals surface area contributed by atoms with Crippen molar-refractivity contribution in [2.75, 3.05) is 6.54 Å². The molecule has 19 heavy (non-hydrogen) atoms. The number of carbonyl (C=O) groups excluding carboxylic acids is 1. The maximum Gasteiger partial charge on any atom is 0.256 e. The van der Waals surface area contributed by atoms with E-state index in [1.54, 1.807) is 0 Å². The summed E-state index contributed by atoms with van der Waals surface area (Å²) in [5, 5.41) is 6.04. The molecule has 1 atom stereocenters. The van der Waals surface area contributed by atoms with Gasteiger partial charge in [-0.05, 0) is 51.3 Å². The van der Waals surface area contributed by atoms with E-state index >= 15 is 0 Å². The minimum atomic E-state index is -0.740. The molecule has 1 aromatic rings. The molecule has 2 N–H and O–H groups in total. The van der Waals surface area contributed by atoms with Gasteiger partial charge in [-0.2, -0.15) is 0 Å². The highest BCUT2D eigenvalue weighted by Gasteiger charge is 2.43. The second-order valence-corrected chi connectivity index (χ2v) is 5.30. The Balaban J connectivity index is 2.52. The maximum atomic E-state index is 12.3. The van der Waals surface area contributed by atoms with Crippen molar-refractivity contribution in [3.8, 4) is 0 Å². The third kappa shape index (κ3) is 2.23. The lowest BCUT2D eigenvalue weighted by Crippen LogP contribution is -2.42. The van der Waals surface area contributed by atoms with Crippen LogP contribution in [0.2, 0.25) is 0 Å². The molecule has 1 saturated heterocycles. The van der Waals surface area contributed by atoms with E-state index in [1.807, 2.05) is 27.7 Å². The Bertz CT molecular complexity index is 540. The number of guanidine groups is 1. The van der Waals surface area contributed by atoms with Gasteiger partial charge >= 0.3 is 0 Å². The summed E-state index contributed by atoms with van der Waals surface area (Å²) < 4.78 is 0. The van der Waals surface area contributed by atoms with E-state index in [9.17, 15) is 4.79 Å². The summed E-state index contributed by atoms with van der Waals surface area (Å²) in [6, 6.07) is 4.22. The number of hydrogen-bond acceptors (Lipinski definition) is 2. The predicted molar refractivity (Wildman–Crippen MR) is 77.3 cm³/mol. The van der Waals surface area contributed by atoms with Crippen LogP contribution in [0.1, 0.15) is 36.1 Å². The van der Waals surface area contributed by atoms with E-state index in [-0.39, 0.29) is 5.91 Å². The molecule has 1 unspecified atom stereocenters. The van der Waals surface area contributed by atoms with E-state index in [0.29, 0.717) is 12.5 Å². The van der Waals surface area contributed by atoms with Gasteiger partial charge in [-0.25, -0.2) is 0 Å². The van der Waals surface area contributed by atoms with Gasteiger partial charge in [-0.1, -0.05) is 17.7 Å². The first-order valence-electron chi connectivity index (χ1n) is 6.61. The van der Waals surface area contributed by atoms with Crippen molar-refractivity contribution < 1.29 is 4.79 Å². The van der Waals surface area contributed by atoms with Gasteiger partial charge in [0.1, 0.15) is 5.54 Å². The summed E-state index contributed by atoms with van der Waals surface area (Å²) in [5.41, 5.74) is 3.76. The second kappa shape index (κ2) is 4.68. The molecule has 0 aromatic heterocycles. The Morgan fingerprint density at radius 3 is 2.32 bits per heavy atom. The van der Waals surface area contributed by atoms with Gasteiger partial charge < -0.3 is 5.32 Å². The number of benzene rings is 1. The van der Waals surface area contributed by atoms with Gasteiger partial charge in [0.05, 0.1) is 0 Å². The molecule has 1 amide bonds. The van der Waals surface area contributed by atoms with Gasteiger partial charge in [-0.15, -0.1) is 0 Å². The molecule has 1 aromatic carbocycles. The van der Waals surface area contributed by atoms with Crippen molar-refractivity contribution in [3.05, 3.63) is 34.4 Å². The van der Waals surface area contributed by atoms with Crippen LogP contribution in [0.5, 0.6) is 0 Å². The van der Waals surface area contributed by atoms with E-state index < -0.39 is 5.54 Å². The van der Waals surface area contributed by atoms with Gasteiger partial charge in [0, 0.05) is 6.54 Å². The Kier molecular flexibility index (Phi) is 3.35. The average molecular weight is 259 g/mol. The largest absolute Gasteiger partial charge is 0.338 e. The summed E-state index contributed by atoms with van der Waals surface area (Å²) >= 11 is 0. The van der Waals surface area contributed by atoms with E-state index in [2.05, 4.69) is 34.7 Å². The van der Waals surface area contributed by atoms with Crippen molar-refractivity contribution in [2.24, 2.45) is 4.99 Å². The van der Waals surface area contributed by atoms with E-state index in [0.717, 1.165) is 16.7 Å². The predicted octanol–water partition coefficient (Wildman–Crippen LogP) is 1.92. The summed E-state index contributed by atoms with van der Waals surface area (Å²) in [4.78, 5) is 16.6. The number of rotatable bonds is 2. The molecule has 1 aliphatic heterocycles. The zero-order chi connectivity index (χ0) is 14.2. The monoisotopic (exact) mass is 259 g/mol. The number of amides is 1. The van der Waals surface area contributed by atoms with Gasteiger partial charge in [0.2, 0.25) is 0 Å². The van der Waals surface area contributed by atoms with E-state index in [1.165, 1.54) is 5.56 Å². The lowest BCUT2D eigenvalue weighted by atomic mass is 9.84. The standard InChI is InChI=1S/C15H21N3O/c1-6-16-14-17-13(19)15(5,18-14)12-10(3)7-9(2)8-11(12)4/h7-8H,6H2,1-5H3,(H2,16,17,18,19). The number of aryl methyl sites for hydroxylation is 3. The summed E-state index contributed by atoms with van der Waals surface area (Å²) in [6.07, 6.45) is 0. The molecule has 0 aliphatic carbocycles. The molecule has 0 spiro atoms. The smallest absolute Gasteiger partial charge is 0.256 e. The molecule has 1 heterocycles. The normalized spacial score (nSPS) is 24.5. The molecule has 2 rings (SSSR count). The van der Waals surface area contributed by atoms with Gasteiger partial charge in [-0.3, -0.25) is 15.1 Å². The molecule has 1 fully saturated rings. The van der Waals surface area contributed by atoms with Crippen LogP contribution in [-0.2, 0) is 10.3 Å². The minimum Gasteiger partial charge on any atom is -0.338 e. The fraction of sp³-hybridized carbons (Fsp3) is 0.467. The van der Waals surface area contributed by atoms with Crippen LogP contribution in [0, 0.1) is 20.8 Å². The van der Waals surface area contributed by atoms with Crippen LogP contribution in [0.3, 0.4) is 0 Å². The number of nitrogens with one attached hydrogen (secondary N) is 2. The third-order valence-corrected chi connectivity index (χ3v) is 3.55. The van der Waals surface area contributed by atoms with E-state index in [4.69, 9.17) is 0 Å². The third-order valence-electron chi connectivity index (χ3n) is 3.55. The van der Waals surface area contributed by atoms with Crippen molar-refractivity contribution in [1.29, 1.82) is 0 Å². The Hall–Kier alpha value is -1.84. The molecular weight excluding hydrogens is 238 g/mol. The van der Waals surface area contributed by atoms with Gasteiger partial charge in [0.15, 0.2) is 5.96 Å². The lowest BCUT2D eigenvalue weighted by molar-refractivity contribution is -0.123. The first-order chi connectivity index (χ1) is 8.88. The quantitative estimate of drug-likeness (QED) is 0.852. The van der Waals surface area contributed by atoms with Crippen LogP contribution < -0.4 is 10.6 Å². The number of hydrogen-bond donors (Lipinski definition) is 2. The molecular formula is C15H21N3O. The fourth-order valence-corrected chi connectivity index (χ4v) is 2.94. The zero-order valence-electron chi connectivity index (χ0n) is 12.2. The van der Waals surface area contributed by atoms with Crippen molar-refractivity contribution in [3.63, 3.8) is 0 Å². The highest BCUT2D eigenvalue weighted by Crippen LogP contribution is 2.30. The Labute approximate surface area is 114 Å².